The Morgan fingerprint density at radius 1 is 1.15 bits per heavy atom. The Morgan fingerprint density at radius 3 is 2.73 bits per heavy atom. The van der Waals surface area contributed by atoms with E-state index in [0.29, 0.717) is 18.6 Å². The Kier molecular flexibility index (Phi) is 4.93. The van der Waals surface area contributed by atoms with Gasteiger partial charge in [0.05, 0.1) is 13.0 Å². The van der Waals surface area contributed by atoms with Gasteiger partial charge in [0.2, 0.25) is 5.91 Å². The highest BCUT2D eigenvalue weighted by molar-refractivity contribution is 5.80. The molecule has 0 radical (unpaired) electrons. The summed E-state index contributed by atoms with van der Waals surface area (Å²) in [4.78, 5) is 15.5. The smallest absolute Gasteiger partial charge is 0.225 e. The highest BCUT2D eigenvalue weighted by atomic mass is 16.5. The summed E-state index contributed by atoms with van der Waals surface area (Å²) in [5, 5.41) is 3.15. The summed E-state index contributed by atoms with van der Waals surface area (Å²) in [6.45, 7) is 1.61. The Labute approximate surface area is 155 Å². The van der Waals surface area contributed by atoms with Crippen LogP contribution >= 0.6 is 0 Å². The van der Waals surface area contributed by atoms with E-state index in [2.05, 4.69) is 40.5 Å². The fourth-order valence-corrected chi connectivity index (χ4v) is 4.61. The molecule has 1 amide bonds. The van der Waals surface area contributed by atoms with Crippen LogP contribution in [0.1, 0.15) is 36.4 Å². The largest absolute Gasteiger partial charge is 0.496 e. The van der Waals surface area contributed by atoms with Gasteiger partial charge in [-0.05, 0) is 37.4 Å². The first-order chi connectivity index (χ1) is 12.8. The highest BCUT2D eigenvalue weighted by Gasteiger charge is 2.46. The lowest BCUT2D eigenvalue weighted by molar-refractivity contribution is -0.125. The summed E-state index contributed by atoms with van der Waals surface area (Å²) < 4.78 is 5.39. The average Bonchev–Trinajstić information content (AvgIpc) is 3.29. The van der Waals surface area contributed by atoms with Crippen LogP contribution in [-0.4, -0.2) is 30.5 Å². The quantitative estimate of drug-likeness (QED) is 0.897. The van der Waals surface area contributed by atoms with Crippen LogP contribution in [0.3, 0.4) is 0 Å². The van der Waals surface area contributed by atoms with Gasteiger partial charge in [0, 0.05) is 24.2 Å². The molecule has 3 atom stereocenters. The number of hydrogen-bond donors (Lipinski definition) is 1. The minimum Gasteiger partial charge on any atom is -0.496 e. The van der Waals surface area contributed by atoms with Crippen molar-refractivity contribution < 1.29 is 9.53 Å². The van der Waals surface area contributed by atoms with Gasteiger partial charge in [-0.25, -0.2) is 0 Å². The van der Waals surface area contributed by atoms with Crippen molar-refractivity contribution in [2.75, 3.05) is 13.7 Å². The Balaban J connectivity index is 1.46. The van der Waals surface area contributed by atoms with E-state index in [9.17, 15) is 4.79 Å². The van der Waals surface area contributed by atoms with Gasteiger partial charge < -0.3 is 10.1 Å². The fraction of sp³-hybridized carbons (Fsp3) is 0.409. The molecule has 2 aliphatic heterocycles. The highest BCUT2D eigenvalue weighted by Crippen LogP contribution is 2.44. The van der Waals surface area contributed by atoms with Crippen molar-refractivity contribution >= 4 is 5.91 Å². The van der Waals surface area contributed by atoms with E-state index in [0.717, 1.165) is 30.7 Å². The first kappa shape index (κ1) is 17.1. The molecule has 2 heterocycles. The van der Waals surface area contributed by atoms with Crippen LogP contribution in [0, 0.1) is 5.92 Å². The molecule has 0 saturated carbocycles. The van der Waals surface area contributed by atoms with Gasteiger partial charge in [-0.3, -0.25) is 9.69 Å². The summed E-state index contributed by atoms with van der Waals surface area (Å²) in [5.41, 5.74) is 2.35. The molecule has 0 spiro atoms. The molecule has 2 fully saturated rings. The zero-order valence-corrected chi connectivity index (χ0v) is 15.2. The van der Waals surface area contributed by atoms with Crippen LogP contribution in [0.15, 0.2) is 54.6 Å². The number of carbonyl (C=O) groups is 1. The first-order valence-electron chi connectivity index (χ1n) is 9.48. The van der Waals surface area contributed by atoms with Gasteiger partial charge in [0.15, 0.2) is 0 Å². The van der Waals surface area contributed by atoms with Crippen LogP contribution in [0.4, 0.5) is 0 Å². The number of fused-ring (bicyclic) bond motifs is 1. The third kappa shape index (κ3) is 3.21. The molecule has 26 heavy (non-hydrogen) atoms. The van der Waals surface area contributed by atoms with Gasteiger partial charge in [0.25, 0.3) is 0 Å². The van der Waals surface area contributed by atoms with E-state index in [1.54, 1.807) is 7.11 Å². The third-order valence-electron chi connectivity index (χ3n) is 5.85. The van der Waals surface area contributed by atoms with Gasteiger partial charge in [-0.1, -0.05) is 48.5 Å². The first-order valence-corrected chi connectivity index (χ1v) is 9.48. The van der Waals surface area contributed by atoms with Crippen LogP contribution < -0.4 is 10.1 Å². The van der Waals surface area contributed by atoms with Crippen molar-refractivity contribution in [3.63, 3.8) is 0 Å². The number of para-hydroxylation sites is 1. The number of ether oxygens (including phenoxy) is 1. The number of rotatable bonds is 5. The van der Waals surface area contributed by atoms with Crippen molar-refractivity contribution in [1.82, 2.24) is 10.2 Å². The van der Waals surface area contributed by atoms with E-state index < -0.39 is 0 Å². The number of nitrogens with zero attached hydrogens (tertiary/aromatic N) is 1. The van der Waals surface area contributed by atoms with Crippen molar-refractivity contribution in [3.05, 3.63) is 65.7 Å². The lowest BCUT2D eigenvalue weighted by Crippen LogP contribution is -2.37. The normalized spacial score (nSPS) is 25.0. The second kappa shape index (κ2) is 7.50. The van der Waals surface area contributed by atoms with Gasteiger partial charge in [0.1, 0.15) is 5.75 Å². The molecule has 2 aromatic carbocycles. The molecule has 2 aliphatic rings. The molecule has 0 bridgehead atoms. The third-order valence-corrected chi connectivity index (χ3v) is 5.85. The molecule has 1 N–H and O–H groups in total. The molecule has 0 aromatic heterocycles. The summed E-state index contributed by atoms with van der Waals surface area (Å²) >= 11 is 0. The lowest BCUT2D eigenvalue weighted by atomic mass is 9.93. The molecular formula is C22H26N2O2. The molecule has 136 valence electrons. The predicted octanol–water partition coefficient (Wildman–Crippen LogP) is 3.54. The van der Waals surface area contributed by atoms with Gasteiger partial charge >= 0.3 is 0 Å². The van der Waals surface area contributed by atoms with Crippen molar-refractivity contribution in [2.24, 2.45) is 5.92 Å². The minimum absolute atomic E-state index is 0.0670. The maximum Gasteiger partial charge on any atom is 0.225 e. The Bertz CT molecular complexity index is 762. The Morgan fingerprint density at radius 2 is 1.92 bits per heavy atom. The summed E-state index contributed by atoms with van der Waals surface area (Å²) in [6, 6.07) is 19.2. The van der Waals surface area contributed by atoms with Crippen molar-refractivity contribution in [1.29, 1.82) is 0 Å². The number of amides is 1. The minimum atomic E-state index is 0.0670. The SMILES string of the molecule is COc1ccccc1CNC(=O)[C@@H]1C[C@H](c2ccccc2)N2CCC[C@@H]12. The Hall–Kier alpha value is -2.33. The van der Waals surface area contributed by atoms with E-state index >= 15 is 0 Å². The monoisotopic (exact) mass is 350 g/mol. The lowest BCUT2D eigenvalue weighted by Gasteiger charge is -2.24. The average molecular weight is 350 g/mol. The van der Waals surface area contributed by atoms with Crippen LogP contribution in [0.25, 0.3) is 0 Å². The molecule has 4 heteroatoms. The molecular weight excluding hydrogens is 324 g/mol. The number of benzene rings is 2. The van der Waals surface area contributed by atoms with Crippen molar-refractivity contribution in [3.8, 4) is 5.75 Å². The standard InChI is InChI=1S/C22H26N2O2/c1-26-21-12-6-5-10-17(21)15-23-22(25)18-14-20(16-8-3-2-4-9-16)24-13-7-11-19(18)24/h2-6,8-10,12,18-20H,7,11,13-15H2,1H3,(H,23,25)/t18-,19+,20-/m1/s1. The topological polar surface area (TPSA) is 41.6 Å². The maximum absolute atomic E-state index is 13.0. The summed E-state index contributed by atoms with van der Waals surface area (Å²) in [7, 11) is 1.67. The van der Waals surface area contributed by atoms with Crippen LogP contribution in [0.5, 0.6) is 5.75 Å². The maximum atomic E-state index is 13.0. The number of nitrogens with one attached hydrogen (secondary N) is 1. The molecule has 0 unspecified atom stereocenters. The van der Waals surface area contributed by atoms with E-state index in [4.69, 9.17) is 4.74 Å². The molecule has 2 saturated heterocycles. The molecule has 4 rings (SSSR count). The predicted molar refractivity (Wildman–Crippen MR) is 102 cm³/mol. The number of hydrogen-bond acceptors (Lipinski definition) is 3. The zero-order valence-electron chi connectivity index (χ0n) is 15.2. The fourth-order valence-electron chi connectivity index (χ4n) is 4.61. The van der Waals surface area contributed by atoms with E-state index in [1.165, 1.54) is 12.0 Å². The zero-order chi connectivity index (χ0) is 17.9. The molecule has 0 aliphatic carbocycles. The van der Waals surface area contributed by atoms with E-state index in [1.807, 2.05) is 24.3 Å². The van der Waals surface area contributed by atoms with Gasteiger partial charge in [-0.2, -0.15) is 0 Å². The molecule has 2 aromatic rings. The van der Waals surface area contributed by atoms with Crippen LogP contribution in [0.2, 0.25) is 0 Å². The summed E-state index contributed by atoms with van der Waals surface area (Å²) in [5.74, 6) is 1.06. The van der Waals surface area contributed by atoms with E-state index in [-0.39, 0.29) is 11.8 Å². The van der Waals surface area contributed by atoms with Crippen LogP contribution in [-0.2, 0) is 11.3 Å². The summed E-state index contributed by atoms with van der Waals surface area (Å²) in [6.07, 6.45) is 3.22. The number of carbonyl (C=O) groups excluding carboxylic acids is 1. The molecule has 4 nitrogen and oxygen atoms in total. The second-order valence-corrected chi connectivity index (χ2v) is 7.25. The number of methoxy groups -OCH3 is 1. The van der Waals surface area contributed by atoms with Gasteiger partial charge in [-0.15, -0.1) is 0 Å². The second-order valence-electron chi connectivity index (χ2n) is 7.25. The van der Waals surface area contributed by atoms with Crippen molar-refractivity contribution in [2.45, 2.75) is 37.9 Å².